The number of carbonyl (C=O) groups excluding carboxylic acids is 1. The highest BCUT2D eigenvalue weighted by Crippen LogP contribution is 2.35. The van der Waals surface area contributed by atoms with Crippen LogP contribution in [0.5, 0.6) is 0 Å². The number of H-pyrrole nitrogens is 1. The van der Waals surface area contributed by atoms with Crippen LogP contribution in [-0.4, -0.2) is 22.6 Å². The van der Waals surface area contributed by atoms with Gasteiger partial charge in [-0.3, -0.25) is 9.89 Å². The maximum Gasteiger partial charge on any atom is 0.227 e. The number of hydrogen-bond donors (Lipinski definition) is 3. The minimum Gasteiger partial charge on any atom is -0.350 e. The Bertz CT molecular complexity index is 355. The van der Waals surface area contributed by atoms with E-state index in [1.807, 2.05) is 6.07 Å². The van der Waals surface area contributed by atoms with Crippen molar-refractivity contribution in [3.05, 3.63) is 18.0 Å². The van der Waals surface area contributed by atoms with Crippen LogP contribution in [0.15, 0.2) is 12.3 Å². The second kappa shape index (κ2) is 5.31. The molecule has 4 N–H and O–H groups in total. The number of carbonyl (C=O) groups is 1. The zero-order chi connectivity index (χ0) is 12.1. The number of rotatable bonds is 4. The monoisotopic (exact) mass is 236 g/mol. The van der Waals surface area contributed by atoms with Gasteiger partial charge in [0.2, 0.25) is 5.91 Å². The quantitative estimate of drug-likeness (QED) is 0.727. The van der Waals surface area contributed by atoms with Crippen molar-refractivity contribution in [1.82, 2.24) is 15.5 Å². The Kier molecular flexibility index (Phi) is 3.78. The first-order valence-electron chi connectivity index (χ1n) is 6.23. The number of nitrogens with two attached hydrogens (primary N) is 1. The molecule has 94 valence electrons. The SMILES string of the molecule is NCC1(C(=O)NCc2ccn[nH]2)CCCCC1. The minimum atomic E-state index is -0.335. The summed E-state index contributed by atoms with van der Waals surface area (Å²) in [5, 5.41) is 9.64. The predicted molar refractivity (Wildman–Crippen MR) is 65.0 cm³/mol. The van der Waals surface area contributed by atoms with E-state index in [0.717, 1.165) is 31.4 Å². The van der Waals surface area contributed by atoms with E-state index in [1.165, 1.54) is 6.42 Å². The summed E-state index contributed by atoms with van der Waals surface area (Å²) in [4.78, 5) is 12.2. The van der Waals surface area contributed by atoms with Gasteiger partial charge in [-0.05, 0) is 18.9 Å². The van der Waals surface area contributed by atoms with E-state index in [4.69, 9.17) is 5.73 Å². The molecule has 0 bridgehead atoms. The Morgan fingerprint density at radius 1 is 1.47 bits per heavy atom. The highest BCUT2D eigenvalue weighted by Gasteiger charge is 2.37. The molecule has 0 aromatic carbocycles. The Morgan fingerprint density at radius 2 is 2.24 bits per heavy atom. The van der Waals surface area contributed by atoms with Gasteiger partial charge in [-0.25, -0.2) is 0 Å². The molecule has 0 unspecified atom stereocenters. The van der Waals surface area contributed by atoms with Crippen molar-refractivity contribution in [2.45, 2.75) is 38.6 Å². The Labute approximate surface area is 101 Å². The molecule has 2 rings (SSSR count). The lowest BCUT2D eigenvalue weighted by Crippen LogP contribution is -2.46. The van der Waals surface area contributed by atoms with Crippen LogP contribution >= 0.6 is 0 Å². The summed E-state index contributed by atoms with van der Waals surface area (Å²) in [6.07, 6.45) is 6.94. The number of amides is 1. The first-order valence-corrected chi connectivity index (χ1v) is 6.23. The Morgan fingerprint density at radius 3 is 2.82 bits per heavy atom. The van der Waals surface area contributed by atoms with E-state index in [2.05, 4.69) is 15.5 Å². The zero-order valence-corrected chi connectivity index (χ0v) is 10.0. The van der Waals surface area contributed by atoms with Gasteiger partial charge >= 0.3 is 0 Å². The van der Waals surface area contributed by atoms with Crippen molar-refractivity contribution in [3.63, 3.8) is 0 Å². The van der Waals surface area contributed by atoms with E-state index >= 15 is 0 Å². The fourth-order valence-electron chi connectivity index (χ4n) is 2.50. The van der Waals surface area contributed by atoms with Crippen molar-refractivity contribution in [3.8, 4) is 0 Å². The molecule has 5 heteroatoms. The third-order valence-corrected chi connectivity index (χ3v) is 3.68. The van der Waals surface area contributed by atoms with E-state index in [-0.39, 0.29) is 11.3 Å². The summed E-state index contributed by atoms with van der Waals surface area (Å²) in [6.45, 7) is 0.947. The molecule has 1 heterocycles. The topological polar surface area (TPSA) is 83.8 Å². The summed E-state index contributed by atoms with van der Waals surface area (Å²) in [5.41, 5.74) is 6.39. The fraction of sp³-hybridized carbons (Fsp3) is 0.667. The maximum absolute atomic E-state index is 12.2. The third-order valence-electron chi connectivity index (χ3n) is 3.68. The molecular formula is C12H20N4O. The molecular weight excluding hydrogens is 216 g/mol. The number of aromatic nitrogens is 2. The number of aromatic amines is 1. The standard InChI is InChI=1S/C12H20N4O/c13-9-12(5-2-1-3-6-12)11(17)14-8-10-4-7-15-16-10/h4,7H,1-3,5-6,8-9,13H2,(H,14,17)(H,15,16). The molecule has 0 spiro atoms. The van der Waals surface area contributed by atoms with E-state index in [0.29, 0.717) is 13.1 Å². The molecule has 0 saturated heterocycles. The van der Waals surface area contributed by atoms with Gasteiger partial charge in [0.15, 0.2) is 0 Å². The third kappa shape index (κ3) is 2.66. The molecule has 0 radical (unpaired) electrons. The average molecular weight is 236 g/mol. The van der Waals surface area contributed by atoms with Gasteiger partial charge in [-0.2, -0.15) is 5.10 Å². The van der Waals surface area contributed by atoms with Gasteiger partial charge < -0.3 is 11.1 Å². The molecule has 1 aromatic heterocycles. The first-order chi connectivity index (χ1) is 8.27. The Balaban J connectivity index is 1.93. The summed E-state index contributed by atoms with van der Waals surface area (Å²) in [7, 11) is 0. The lowest BCUT2D eigenvalue weighted by Gasteiger charge is -2.34. The largest absolute Gasteiger partial charge is 0.350 e. The first kappa shape index (κ1) is 12.1. The molecule has 5 nitrogen and oxygen atoms in total. The number of nitrogens with zero attached hydrogens (tertiary/aromatic N) is 1. The van der Waals surface area contributed by atoms with Crippen LogP contribution in [0.1, 0.15) is 37.8 Å². The van der Waals surface area contributed by atoms with Gasteiger partial charge in [-0.1, -0.05) is 19.3 Å². The highest BCUT2D eigenvalue weighted by atomic mass is 16.2. The van der Waals surface area contributed by atoms with Gasteiger partial charge in [0.1, 0.15) is 0 Å². The highest BCUT2D eigenvalue weighted by molar-refractivity contribution is 5.82. The van der Waals surface area contributed by atoms with E-state index < -0.39 is 0 Å². The number of nitrogens with one attached hydrogen (secondary N) is 2. The average Bonchev–Trinajstić information content (AvgIpc) is 2.90. The van der Waals surface area contributed by atoms with Crippen LogP contribution in [0.2, 0.25) is 0 Å². The van der Waals surface area contributed by atoms with Crippen molar-refractivity contribution >= 4 is 5.91 Å². The molecule has 1 aromatic rings. The van der Waals surface area contributed by atoms with Gasteiger partial charge in [0.25, 0.3) is 0 Å². The maximum atomic E-state index is 12.2. The molecule has 17 heavy (non-hydrogen) atoms. The number of hydrogen-bond acceptors (Lipinski definition) is 3. The molecule has 0 aliphatic heterocycles. The molecule has 1 fully saturated rings. The normalized spacial score (nSPS) is 18.9. The van der Waals surface area contributed by atoms with Crippen molar-refractivity contribution < 1.29 is 4.79 Å². The minimum absolute atomic E-state index is 0.0919. The van der Waals surface area contributed by atoms with E-state index in [1.54, 1.807) is 6.20 Å². The zero-order valence-electron chi connectivity index (χ0n) is 10.0. The van der Waals surface area contributed by atoms with E-state index in [9.17, 15) is 4.79 Å². The second-order valence-corrected chi connectivity index (χ2v) is 4.81. The lowest BCUT2D eigenvalue weighted by atomic mass is 9.73. The molecule has 1 amide bonds. The van der Waals surface area contributed by atoms with Crippen LogP contribution in [0.3, 0.4) is 0 Å². The van der Waals surface area contributed by atoms with Gasteiger partial charge in [0.05, 0.1) is 17.7 Å². The van der Waals surface area contributed by atoms with Crippen molar-refractivity contribution in [2.75, 3.05) is 6.54 Å². The van der Waals surface area contributed by atoms with Crippen molar-refractivity contribution in [1.29, 1.82) is 0 Å². The Hall–Kier alpha value is -1.36. The van der Waals surface area contributed by atoms with Crippen LogP contribution in [0.25, 0.3) is 0 Å². The predicted octanol–water partition coefficient (Wildman–Crippen LogP) is 0.935. The molecule has 0 atom stereocenters. The van der Waals surface area contributed by atoms with Crippen LogP contribution in [-0.2, 0) is 11.3 Å². The molecule has 1 saturated carbocycles. The summed E-state index contributed by atoms with van der Waals surface area (Å²) < 4.78 is 0. The smallest absolute Gasteiger partial charge is 0.227 e. The second-order valence-electron chi connectivity index (χ2n) is 4.81. The summed E-state index contributed by atoms with van der Waals surface area (Å²) >= 11 is 0. The molecule has 1 aliphatic rings. The van der Waals surface area contributed by atoms with Crippen LogP contribution < -0.4 is 11.1 Å². The van der Waals surface area contributed by atoms with Gasteiger partial charge in [0, 0.05) is 12.7 Å². The fourth-order valence-corrected chi connectivity index (χ4v) is 2.50. The lowest BCUT2D eigenvalue weighted by molar-refractivity contribution is -0.132. The van der Waals surface area contributed by atoms with Gasteiger partial charge in [-0.15, -0.1) is 0 Å². The van der Waals surface area contributed by atoms with Crippen molar-refractivity contribution in [2.24, 2.45) is 11.1 Å². The van der Waals surface area contributed by atoms with Crippen LogP contribution in [0, 0.1) is 5.41 Å². The molecule has 1 aliphatic carbocycles. The van der Waals surface area contributed by atoms with Crippen LogP contribution in [0.4, 0.5) is 0 Å². The summed E-state index contributed by atoms with van der Waals surface area (Å²) in [5.74, 6) is 0.0919. The summed E-state index contributed by atoms with van der Waals surface area (Å²) in [6, 6.07) is 1.86.